The Morgan fingerprint density at radius 1 is 1.24 bits per heavy atom. The molecule has 1 unspecified atom stereocenters. The van der Waals surface area contributed by atoms with Gasteiger partial charge >= 0.3 is 0 Å². The molecular formula is C19H25BrClN3O. The molecule has 1 saturated heterocycles. The van der Waals surface area contributed by atoms with E-state index in [1.807, 2.05) is 46.8 Å². The number of amides is 1. The summed E-state index contributed by atoms with van der Waals surface area (Å²) in [5.74, 6) is 0.0794. The molecule has 1 amide bonds. The Morgan fingerprint density at radius 2 is 1.92 bits per heavy atom. The average Bonchev–Trinajstić information content (AvgIpc) is 2.91. The van der Waals surface area contributed by atoms with E-state index in [0.29, 0.717) is 12.2 Å². The van der Waals surface area contributed by atoms with Crippen LogP contribution in [0.25, 0.3) is 11.3 Å². The van der Waals surface area contributed by atoms with Crippen LogP contribution in [-0.2, 0) is 7.05 Å². The predicted octanol–water partition coefficient (Wildman–Crippen LogP) is 4.08. The molecule has 0 spiro atoms. The first-order valence-corrected chi connectivity index (χ1v) is 9.06. The van der Waals surface area contributed by atoms with Crippen molar-refractivity contribution in [2.24, 2.45) is 18.2 Å². The van der Waals surface area contributed by atoms with Crippen molar-refractivity contribution in [3.05, 3.63) is 46.6 Å². The molecule has 2 aromatic rings. The van der Waals surface area contributed by atoms with Gasteiger partial charge in [0, 0.05) is 41.9 Å². The molecule has 3 rings (SSSR count). The summed E-state index contributed by atoms with van der Waals surface area (Å²) in [6.07, 6.45) is 0.847. The lowest BCUT2D eigenvalue weighted by atomic mass is 9.79. The fourth-order valence-electron chi connectivity index (χ4n) is 3.37. The van der Waals surface area contributed by atoms with Crippen LogP contribution in [0.5, 0.6) is 0 Å². The Hall–Kier alpha value is -1.30. The minimum atomic E-state index is -0.0512. The Morgan fingerprint density at radius 3 is 2.56 bits per heavy atom. The van der Waals surface area contributed by atoms with Crippen molar-refractivity contribution in [3.8, 4) is 11.3 Å². The third-order valence-electron chi connectivity index (χ3n) is 5.09. The van der Waals surface area contributed by atoms with Gasteiger partial charge in [0.05, 0.1) is 0 Å². The summed E-state index contributed by atoms with van der Waals surface area (Å²) in [7, 11) is 1.95. The topological polar surface area (TPSA) is 51.3 Å². The largest absolute Gasteiger partial charge is 0.340 e. The summed E-state index contributed by atoms with van der Waals surface area (Å²) in [5, 5.41) is 0. The Balaban J connectivity index is 0.00000225. The van der Waals surface area contributed by atoms with Gasteiger partial charge in [0.25, 0.3) is 5.91 Å². The number of carbonyl (C=O) groups excluding carboxylic acids is 1. The molecule has 2 N–H and O–H groups in total. The van der Waals surface area contributed by atoms with Gasteiger partial charge in [0.15, 0.2) is 0 Å². The molecule has 1 aromatic carbocycles. The molecule has 1 fully saturated rings. The van der Waals surface area contributed by atoms with Crippen molar-refractivity contribution in [2.45, 2.75) is 26.3 Å². The number of hydrogen-bond acceptors (Lipinski definition) is 2. The van der Waals surface area contributed by atoms with Gasteiger partial charge in [-0.25, -0.2) is 0 Å². The van der Waals surface area contributed by atoms with Gasteiger partial charge in [-0.15, -0.1) is 12.4 Å². The molecule has 2 heterocycles. The highest BCUT2D eigenvalue weighted by Gasteiger charge is 2.36. The maximum atomic E-state index is 13.0. The van der Waals surface area contributed by atoms with Gasteiger partial charge in [-0.1, -0.05) is 48.0 Å². The SMILES string of the molecule is Cl.Cn1c(C(=O)N2CCC(N)C(C)(C)C2)ccc1-c1ccccc1Br. The number of carbonyl (C=O) groups is 1. The molecule has 0 saturated carbocycles. The maximum absolute atomic E-state index is 13.0. The second-order valence-electron chi connectivity index (χ2n) is 7.25. The Kier molecular flexibility index (Phi) is 6.02. The zero-order chi connectivity index (χ0) is 17.5. The first-order chi connectivity index (χ1) is 11.3. The van der Waals surface area contributed by atoms with Gasteiger partial charge in [-0.2, -0.15) is 0 Å². The number of nitrogens with zero attached hydrogens (tertiary/aromatic N) is 2. The second-order valence-corrected chi connectivity index (χ2v) is 8.11. The molecule has 6 heteroatoms. The van der Waals surface area contributed by atoms with E-state index in [2.05, 4.69) is 35.8 Å². The van der Waals surface area contributed by atoms with Crippen molar-refractivity contribution in [1.82, 2.24) is 9.47 Å². The predicted molar refractivity (Wildman–Crippen MR) is 108 cm³/mol. The molecular weight excluding hydrogens is 402 g/mol. The zero-order valence-corrected chi connectivity index (χ0v) is 17.2. The van der Waals surface area contributed by atoms with E-state index in [-0.39, 0.29) is 29.8 Å². The van der Waals surface area contributed by atoms with Gasteiger partial charge in [0.2, 0.25) is 0 Å². The molecule has 0 bridgehead atoms. The normalized spacial score (nSPS) is 19.4. The highest BCUT2D eigenvalue weighted by Crippen LogP contribution is 2.31. The van der Waals surface area contributed by atoms with Crippen LogP contribution in [-0.4, -0.2) is 34.5 Å². The number of aromatic nitrogens is 1. The van der Waals surface area contributed by atoms with E-state index in [1.165, 1.54) is 0 Å². The lowest BCUT2D eigenvalue weighted by Gasteiger charge is -2.42. The Labute approximate surface area is 163 Å². The number of rotatable bonds is 2. The number of halogens is 2. The first kappa shape index (κ1) is 20.0. The first-order valence-electron chi connectivity index (χ1n) is 8.27. The van der Waals surface area contributed by atoms with Crippen LogP contribution in [0.4, 0.5) is 0 Å². The van der Waals surface area contributed by atoms with E-state index in [9.17, 15) is 4.79 Å². The molecule has 1 atom stereocenters. The summed E-state index contributed by atoms with van der Waals surface area (Å²) < 4.78 is 3.00. The standard InChI is InChI=1S/C19H24BrN3O.ClH/c1-19(2)12-23(11-10-17(19)21)18(24)16-9-8-15(22(16)3)13-6-4-5-7-14(13)20;/h4-9,17H,10-12,21H2,1-3H3;1H. The third kappa shape index (κ3) is 3.78. The monoisotopic (exact) mass is 425 g/mol. The van der Waals surface area contributed by atoms with E-state index < -0.39 is 0 Å². The number of piperidine rings is 1. The highest BCUT2D eigenvalue weighted by atomic mass is 79.9. The molecule has 4 nitrogen and oxygen atoms in total. The molecule has 25 heavy (non-hydrogen) atoms. The average molecular weight is 427 g/mol. The third-order valence-corrected chi connectivity index (χ3v) is 5.78. The molecule has 1 aliphatic rings. The molecule has 0 radical (unpaired) electrons. The lowest BCUT2D eigenvalue weighted by Crippen LogP contribution is -2.54. The second kappa shape index (κ2) is 7.52. The molecule has 1 aliphatic heterocycles. The minimum absolute atomic E-state index is 0. The summed E-state index contributed by atoms with van der Waals surface area (Å²) in [6, 6.07) is 12.1. The van der Waals surface area contributed by atoms with Gasteiger partial charge < -0.3 is 15.2 Å². The number of benzene rings is 1. The van der Waals surface area contributed by atoms with Crippen LogP contribution in [0, 0.1) is 5.41 Å². The van der Waals surface area contributed by atoms with Crippen LogP contribution in [0.3, 0.4) is 0 Å². The molecule has 0 aliphatic carbocycles. The quantitative estimate of drug-likeness (QED) is 0.787. The van der Waals surface area contributed by atoms with Crippen LogP contribution in [0.1, 0.15) is 30.8 Å². The fraction of sp³-hybridized carbons (Fsp3) is 0.421. The summed E-state index contributed by atoms with van der Waals surface area (Å²) >= 11 is 3.59. The van der Waals surface area contributed by atoms with E-state index >= 15 is 0 Å². The van der Waals surface area contributed by atoms with E-state index in [0.717, 1.165) is 28.7 Å². The van der Waals surface area contributed by atoms with Crippen LogP contribution < -0.4 is 5.73 Å². The van der Waals surface area contributed by atoms with Crippen molar-refractivity contribution < 1.29 is 4.79 Å². The van der Waals surface area contributed by atoms with Gasteiger partial charge in [0.1, 0.15) is 5.69 Å². The van der Waals surface area contributed by atoms with E-state index in [4.69, 9.17) is 5.73 Å². The van der Waals surface area contributed by atoms with Crippen molar-refractivity contribution in [1.29, 1.82) is 0 Å². The summed E-state index contributed by atoms with van der Waals surface area (Å²) in [5.41, 5.74) is 8.97. The Bertz CT molecular complexity index is 772. The van der Waals surface area contributed by atoms with Crippen molar-refractivity contribution >= 4 is 34.2 Å². The maximum Gasteiger partial charge on any atom is 0.270 e. The minimum Gasteiger partial charge on any atom is -0.340 e. The van der Waals surface area contributed by atoms with Gasteiger partial charge in [-0.05, 0) is 30.0 Å². The highest BCUT2D eigenvalue weighted by molar-refractivity contribution is 9.10. The van der Waals surface area contributed by atoms with Crippen molar-refractivity contribution in [2.75, 3.05) is 13.1 Å². The van der Waals surface area contributed by atoms with Crippen molar-refractivity contribution in [3.63, 3.8) is 0 Å². The molecule has 136 valence electrons. The van der Waals surface area contributed by atoms with E-state index in [1.54, 1.807) is 0 Å². The number of hydrogen-bond donors (Lipinski definition) is 1. The van der Waals surface area contributed by atoms with Crippen LogP contribution >= 0.6 is 28.3 Å². The summed E-state index contributed by atoms with van der Waals surface area (Å²) in [4.78, 5) is 14.9. The number of nitrogens with two attached hydrogens (primary N) is 1. The smallest absolute Gasteiger partial charge is 0.270 e. The van der Waals surface area contributed by atoms with Crippen LogP contribution in [0.15, 0.2) is 40.9 Å². The lowest BCUT2D eigenvalue weighted by molar-refractivity contribution is 0.0524. The van der Waals surface area contributed by atoms with Crippen LogP contribution in [0.2, 0.25) is 0 Å². The van der Waals surface area contributed by atoms with Gasteiger partial charge in [-0.3, -0.25) is 4.79 Å². The summed E-state index contributed by atoms with van der Waals surface area (Å²) in [6.45, 7) is 5.69. The zero-order valence-electron chi connectivity index (χ0n) is 14.8. The molecule has 1 aromatic heterocycles. The number of likely N-dealkylation sites (tertiary alicyclic amines) is 1. The fourth-order valence-corrected chi connectivity index (χ4v) is 3.86.